The van der Waals surface area contributed by atoms with Gasteiger partial charge in [0.15, 0.2) is 0 Å². The highest BCUT2D eigenvalue weighted by molar-refractivity contribution is 5.94. The van der Waals surface area contributed by atoms with Crippen LogP contribution in [-0.2, 0) is 0 Å². The number of para-hydroxylation sites is 1. The average molecular weight is 480 g/mol. The molecule has 6 heteroatoms. The van der Waals surface area contributed by atoms with Crippen molar-refractivity contribution < 1.29 is 23.4 Å². The van der Waals surface area contributed by atoms with Crippen LogP contribution in [0.5, 0.6) is 17.2 Å². The molecule has 1 fully saturated rings. The number of halogens is 2. The van der Waals surface area contributed by atoms with E-state index >= 15 is 0 Å². The van der Waals surface area contributed by atoms with E-state index in [1.807, 2.05) is 44.2 Å². The monoisotopic (exact) mass is 479 g/mol. The van der Waals surface area contributed by atoms with Crippen molar-refractivity contribution >= 4 is 11.1 Å². The first-order valence-corrected chi connectivity index (χ1v) is 11.8. The molecule has 2 aliphatic heterocycles. The fraction of sp³-hybridized carbons (Fsp3) is 0.310. The van der Waals surface area contributed by atoms with Crippen molar-refractivity contribution in [3.8, 4) is 17.2 Å². The number of ether oxygens (including phenoxy) is 2. The van der Waals surface area contributed by atoms with E-state index in [4.69, 9.17) is 9.47 Å². The molecule has 0 bridgehead atoms. The topological polar surface area (TPSA) is 41.9 Å². The van der Waals surface area contributed by atoms with Crippen molar-refractivity contribution in [3.63, 3.8) is 0 Å². The molecule has 0 aliphatic carbocycles. The van der Waals surface area contributed by atoms with Gasteiger partial charge in [-0.2, -0.15) is 0 Å². The largest absolute Gasteiger partial charge is 0.508 e. The van der Waals surface area contributed by atoms with Gasteiger partial charge in [0.05, 0.1) is 6.67 Å². The van der Waals surface area contributed by atoms with Crippen LogP contribution in [0.25, 0.3) is 11.1 Å². The first-order chi connectivity index (χ1) is 16.9. The zero-order chi connectivity index (χ0) is 24.8. The number of rotatable bonds is 6. The molecule has 0 aromatic heterocycles. The number of fused-ring (bicyclic) bond motifs is 1. The lowest BCUT2D eigenvalue weighted by atomic mass is 9.91. The fourth-order valence-corrected chi connectivity index (χ4v) is 4.37. The molecule has 184 valence electrons. The normalized spacial score (nSPS) is 15.4. The number of hydrogen-bond donors (Lipinski definition) is 1. The van der Waals surface area contributed by atoms with Crippen molar-refractivity contribution in [2.24, 2.45) is 5.92 Å². The SMILES string of the molecule is CC1=C(c2ccc(F)cc2C)COc2ccc(O)cc21.FCC1CN(CCOc2ccccc2)C1. The van der Waals surface area contributed by atoms with Crippen LogP contribution in [0.4, 0.5) is 8.78 Å². The summed E-state index contributed by atoms with van der Waals surface area (Å²) >= 11 is 0. The van der Waals surface area contributed by atoms with Gasteiger partial charge in [0.1, 0.15) is 36.3 Å². The minimum absolute atomic E-state index is 0.184. The smallest absolute Gasteiger partial charge is 0.127 e. The van der Waals surface area contributed by atoms with Crippen molar-refractivity contribution in [1.29, 1.82) is 0 Å². The molecule has 0 unspecified atom stereocenters. The standard InChI is InChI=1S/C17H15FO2.C12H16FNO/c1-10-7-12(18)3-5-14(10)16-9-20-17-6-4-13(19)8-15(17)11(16)2;13-8-11-9-14(10-11)6-7-15-12-4-2-1-3-5-12/h3-8,19H,9H2,1-2H3;1-5,11H,6-10H2. The Labute approximate surface area is 205 Å². The van der Waals surface area contributed by atoms with Crippen LogP contribution in [-0.4, -0.2) is 49.5 Å². The Bertz CT molecular complexity index is 1170. The number of phenolic OH excluding ortho intramolecular Hbond substituents is 1. The maximum atomic E-state index is 13.2. The summed E-state index contributed by atoms with van der Waals surface area (Å²) in [5.41, 5.74) is 4.83. The molecule has 0 spiro atoms. The van der Waals surface area contributed by atoms with E-state index in [1.165, 1.54) is 12.1 Å². The first kappa shape index (κ1) is 24.7. The number of allylic oxidation sites excluding steroid dienone is 1. The van der Waals surface area contributed by atoms with Gasteiger partial charge in [-0.15, -0.1) is 0 Å². The van der Waals surface area contributed by atoms with Gasteiger partial charge in [0.25, 0.3) is 0 Å². The maximum absolute atomic E-state index is 13.2. The van der Waals surface area contributed by atoms with E-state index in [-0.39, 0.29) is 24.2 Å². The van der Waals surface area contributed by atoms with Crippen molar-refractivity contribution in [2.75, 3.05) is 39.5 Å². The minimum Gasteiger partial charge on any atom is -0.508 e. The van der Waals surface area contributed by atoms with Gasteiger partial charge in [-0.3, -0.25) is 9.29 Å². The highest BCUT2D eigenvalue weighted by Crippen LogP contribution is 2.39. The lowest BCUT2D eigenvalue weighted by molar-refractivity contribution is 0.0668. The van der Waals surface area contributed by atoms with Gasteiger partial charge in [-0.25, -0.2) is 4.39 Å². The molecule has 3 aromatic carbocycles. The molecular formula is C29H31F2NO3. The second-order valence-corrected chi connectivity index (χ2v) is 8.97. The van der Waals surface area contributed by atoms with E-state index < -0.39 is 0 Å². The lowest BCUT2D eigenvalue weighted by Gasteiger charge is -2.37. The molecule has 35 heavy (non-hydrogen) atoms. The zero-order valence-corrected chi connectivity index (χ0v) is 20.1. The molecule has 0 radical (unpaired) electrons. The summed E-state index contributed by atoms with van der Waals surface area (Å²) in [6, 6.07) is 19.6. The molecular weight excluding hydrogens is 448 g/mol. The van der Waals surface area contributed by atoms with E-state index in [2.05, 4.69) is 4.90 Å². The summed E-state index contributed by atoms with van der Waals surface area (Å²) in [5, 5.41) is 9.63. The van der Waals surface area contributed by atoms with Crippen LogP contribution in [0.15, 0.2) is 66.7 Å². The molecule has 1 saturated heterocycles. The third-order valence-electron chi connectivity index (χ3n) is 6.38. The van der Waals surface area contributed by atoms with E-state index in [9.17, 15) is 13.9 Å². The number of benzene rings is 3. The van der Waals surface area contributed by atoms with Gasteiger partial charge in [-0.05, 0) is 73.0 Å². The molecule has 0 saturated carbocycles. The Hall–Kier alpha value is -3.38. The minimum atomic E-state index is -0.237. The van der Waals surface area contributed by atoms with Crippen molar-refractivity contribution in [3.05, 3.63) is 89.2 Å². The van der Waals surface area contributed by atoms with Gasteiger partial charge in [0, 0.05) is 36.7 Å². The second-order valence-electron chi connectivity index (χ2n) is 8.97. The van der Waals surface area contributed by atoms with E-state index in [0.717, 1.165) is 59.0 Å². The van der Waals surface area contributed by atoms with Gasteiger partial charge >= 0.3 is 0 Å². The molecule has 3 aromatic rings. The van der Waals surface area contributed by atoms with Crippen LogP contribution >= 0.6 is 0 Å². The second kappa shape index (κ2) is 11.4. The maximum Gasteiger partial charge on any atom is 0.127 e. The first-order valence-electron chi connectivity index (χ1n) is 11.8. The fourth-order valence-electron chi connectivity index (χ4n) is 4.37. The number of phenols is 1. The number of hydrogen-bond acceptors (Lipinski definition) is 4. The predicted octanol–water partition coefficient (Wildman–Crippen LogP) is 6.13. The Morgan fingerprint density at radius 3 is 2.49 bits per heavy atom. The molecule has 0 atom stereocenters. The molecule has 5 rings (SSSR count). The van der Waals surface area contributed by atoms with Crippen LogP contribution in [0.3, 0.4) is 0 Å². The highest BCUT2D eigenvalue weighted by atomic mass is 19.1. The van der Waals surface area contributed by atoms with E-state index in [1.54, 1.807) is 24.3 Å². The number of aromatic hydroxyl groups is 1. The predicted molar refractivity (Wildman–Crippen MR) is 135 cm³/mol. The summed E-state index contributed by atoms with van der Waals surface area (Å²) < 4.78 is 36.6. The average Bonchev–Trinajstić information content (AvgIpc) is 2.83. The number of alkyl halides is 1. The van der Waals surface area contributed by atoms with E-state index in [0.29, 0.717) is 13.2 Å². The molecule has 2 aliphatic rings. The molecule has 4 nitrogen and oxygen atoms in total. The third kappa shape index (κ3) is 6.20. The van der Waals surface area contributed by atoms with Crippen molar-refractivity contribution in [2.45, 2.75) is 13.8 Å². The molecule has 0 amide bonds. The summed E-state index contributed by atoms with van der Waals surface area (Å²) in [6.45, 7) is 7.50. The molecule has 2 heterocycles. The number of aryl methyl sites for hydroxylation is 1. The van der Waals surface area contributed by atoms with Crippen LogP contribution in [0.2, 0.25) is 0 Å². The summed E-state index contributed by atoms with van der Waals surface area (Å²) in [6.07, 6.45) is 0. The molecule has 1 N–H and O–H groups in total. The summed E-state index contributed by atoms with van der Waals surface area (Å²) in [5.74, 6) is 1.91. The van der Waals surface area contributed by atoms with Gasteiger partial charge in [-0.1, -0.05) is 24.3 Å². The quantitative estimate of drug-likeness (QED) is 0.462. The number of nitrogens with zero attached hydrogens (tertiary/aromatic N) is 1. The highest BCUT2D eigenvalue weighted by Gasteiger charge is 2.25. The third-order valence-corrected chi connectivity index (χ3v) is 6.38. The van der Waals surface area contributed by atoms with Gasteiger partial charge < -0.3 is 14.6 Å². The summed E-state index contributed by atoms with van der Waals surface area (Å²) in [7, 11) is 0. The van der Waals surface area contributed by atoms with Crippen LogP contribution in [0.1, 0.15) is 23.6 Å². The zero-order valence-electron chi connectivity index (χ0n) is 20.1. The Kier molecular flexibility index (Phi) is 8.03. The Morgan fingerprint density at radius 2 is 1.77 bits per heavy atom. The van der Waals surface area contributed by atoms with Gasteiger partial charge in [0.2, 0.25) is 0 Å². The van der Waals surface area contributed by atoms with Crippen LogP contribution < -0.4 is 9.47 Å². The summed E-state index contributed by atoms with van der Waals surface area (Å²) in [4.78, 5) is 2.22. The van der Waals surface area contributed by atoms with Crippen LogP contribution in [0, 0.1) is 18.7 Å². The van der Waals surface area contributed by atoms with Crippen molar-refractivity contribution in [1.82, 2.24) is 4.90 Å². The Balaban J connectivity index is 0.000000172. The number of likely N-dealkylation sites (tertiary alicyclic amines) is 1. The lowest BCUT2D eigenvalue weighted by Crippen LogP contribution is -2.49. The Morgan fingerprint density at radius 1 is 1.00 bits per heavy atom.